The molecule has 0 saturated heterocycles. The highest BCUT2D eigenvalue weighted by Crippen LogP contribution is 2.23. The maximum absolute atomic E-state index is 12.6. The van der Waals surface area contributed by atoms with Crippen molar-refractivity contribution in [2.45, 2.75) is 45.4 Å². The summed E-state index contributed by atoms with van der Waals surface area (Å²) in [7, 11) is 0. The van der Waals surface area contributed by atoms with Crippen LogP contribution in [0.3, 0.4) is 0 Å². The van der Waals surface area contributed by atoms with E-state index in [0.29, 0.717) is 16.4 Å². The number of nitrogens with two attached hydrogens (primary N) is 1. The molecule has 0 bridgehead atoms. The highest BCUT2D eigenvalue weighted by atomic mass is 35.5. The zero-order valence-corrected chi connectivity index (χ0v) is 18.4. The molecule has 2 aromatic carbocycles. The number of halogens is 1. The maximum Gasteiger partial charge on any atom is 0.408 e. The number of ether oxygens (including phenoxy) is 2. The molecule has 0 aliphatic rings. The minimum Gasteiger partial charge on any atom is -0.459 e. The zero-order chi connectivity index (χ0) is 23.0. The Morgan fingerprint density at radius 2 is 1.77 bits per heavy atom. The molecule has 0 unspecified atom stereocenters. The molecule has 2 rings (SSSR count). The van der Waals surface area contributed by atoms with Gasteiger partial charge < -0.3 is 25.8 Å². The molecule has 0 fully saturated rings. The Labute approximate surface area is 186 Å². The first-order valence-corrected chi connectivity index (χ1v) is 9.96. The van der Waals surface area contributed by atoms with Crippen molar-refractivity contribution in [3.63, 3.8) is 0 Å². The van der Waals surface area contributed by atoms with Gasteiger partial charge in [0.15, 0.2) is 0 Å². The molecule has 0 saturated carbocycles. The lowest BCUT2D eigenvalue weighted by Crippen LogP contribution is -2.46. The number of hydrogen-bond acceptors (Lipinski definition) is 6. The van der Waals surface area contributed by atoms with Crippen LogP contribution in [0.4, 0.5) is 16.2 Å². The molecule has 0 aliphatic carbocycles. The van der Waals surface area contributed by atoms with Crippen LogP contribution in [-0.2, 0) is 25.7 Å². The summed E-state index contributed by atoms with van der Waals surface area (Å²) in [5, 5.41) is 5.37. The van der Waals surface area contributed by atoms with E-state index in [4.69, 9.17) is 26.8 Å². The van der Waals surface area contributed by atoms with Crippen LogP contribution in [0.5, 0.6) is 0 Å². The van der Waals surface area contributed by atoms with Gasteiger partial charge in [-0.05, 0) is 44.5 Å². The molecule has 2 amide bonds. The molecule has 31 heavy (non-hydrogen) atoms. The SMILES string of the molecule is CC(C)(C)OC(=O)N[C@H](CC(=O)Nc1cc(Cl)ccc1N)C(=O)OCc1ccccc1. The van der Waals surface area contributed by atoms with Crippen molar-refractivity contribution in [1.29, 1.82) is 0 Å². The van der Waals surface area contributed by atoms with Gasteiger partial charge in [0.1, 0.15) is 18.2 Å². The second kappa shape index (κ2) is 10.7. The van der Waals surface area contributed by atoms with Crippen molar-refractivity contribution in [2.24, 2.45) is 0 Å². The van der Waals surface area contributed by atoms with Gasteiger partial charge in [-0.25, -0.2) is 9.59 Å². The van der Waals surface area contributed by atoms with Crippen molar-refractivity contribution in [1.82, 2.24) is 5.32 Å². The Morgan fingerprint density at radius 3 is 2.42 bits per heavy atom. The summed E-state index contributed by atoms with van der Waals surface area (Å²) in [5.74, 6) is -1.34. The molecule has 166 valence electrons. The lowest BCUT2D eigenvalue weighted by molar-refractivity contribution is -0.148. The molecule has 0 radical (unpaired) electrons. The lowest BCUT2D eigenvalue weighted by Gasteiger charge is -2.23. The number of rotatable bonds is 7. The molecule has 0 spiro atoms. The summed E-state index contributed by atoms with van der Waals surface area (Å²) in [6, 6.07) is 12.4. The van der Waals surface area contributed by atoms with E-state index < -0.39 is 36.0 Å². The first kappa shape index (κ1) is 24.0. The van der Waals surface area contributed by atoms with Crippen LogP contribution in [0.25, 0.3) is 0 Å². The highest BCUT2D eigenvalue weighted by Gasteiger charge is 2.28. The summed E-state index contributed by atoms with van der Waals surface area (Å²) in [5.41, 5.74) is 6.43. The molecule has 0 aromatic heterocycles. The standard InChI is InChI=1S/C22H26ClN3O5/c1-22(2,3)31-21(29)26-18(20(28)30-13-14-7-5-4-6-8-14)12-19(27)25-17-11-15(23)9-10-16(17)24/h4-11,18H,12-13,24H2,1-3H3,(H,25,27)(H,26,29)/t18-/m1/s1. The van der Waals surface area contributed by atoms with E-state index in [0.717, 1.165) is 5.56 Å². The van der Waals surface area contributed by atoms with Crippen LogP contribution in [0.2, 0.25) is 5.02 Å². The first-order valence-electron chi connectivity index (χ1n) is 9.58. The normalized spacial score (nSPS) is 11.9. The van der Waals surface area contributed by atoms with E-state index in [9.17, 15) is 14.4 Å². The van der Waals surface area contributed by atoms with Crippen LogP contribution in [-0.4, -0.2) is 29.6 Å². The number of anilines is 2. The fourth-order valence-corrected chi connectivity index (χ4v) is 2.67. The molecule has 9 heteroatoms. The summed E-state index contributed by atoms with van der Waals surface area (Å²) in [4.78, 5) is 37.3. The molecule has 0 heterocycles. The molecule has 8 nitrogen and oxygen atoms in total. The lowest BCUT2D eigenvalue weighted by atomic mass is 10.1. The summed E-state index contributed by atoms with van der Waals surface area (Å²) in [6.45, 7) is 5.05. The van der Waals surface area contributed by atoms with Crippen LogP contribution in [0.15, 0.2) is 48.5 Å². The average molecular weight is 448 g/mol. The van der Waals surface area contributed by atoms with Crippen molar-refractivity contribution in [3.8, 4) is 0 Å². The Bertz CT molecular complexity index is 928. The summed E-state index contributed by atoms with van der Waals surface area (Å²) >= 11 is 5.93. The molecule has 2 aromatic rings. The van der Waals surface area contributed by atoms with E-state index in [1.165, 1.54) is 6.07 Å². The van der Waals surface area contributed by atoms with Gasteiger partial charge in [-0.1, -0.05) is 41.9 Å². The number of alkyl carbamates (subject to hydrolysis) is 1. The Morgan fingerprint density at radius 1 is 1.10 bits per heavy atom. The number of nitrogen functional groups attached to an aromatic ring is 1. The summed E-state index contributed by atoms with van der Waals surface area (Å²) < 4.78 is 10.5. The van der Waals surface area contributed by atoms with Gasteiger partial charge in [-0.2, -0.15) is 0 Å². The maximum atomic E-state index is 12.6. The Hall–Kier alpha value is -3.26. The molecular formula is C22H26ClN3O5. The van der Waals surface area contributed by atoms with Gasteiger partial charge in [-0.3, -0.25) is 4.79 Å². The quantitative estimate of drug-likeness (QED) is 0.437. The predicted molar refractivity (Wildman–Crippen MR) is 119 cm³/mol. The highest BCUT2D eigenvalue weighted by molar-refractivity contribution is 6.31. The number of carbonyl (C=O) groups excluding carboxylic acids is 3. The molecule has 4 N–H and O–H groups in total. The number of nitrogens with one attached hydrogen (secondary N) is 2. The van der Waals surface area contributed by atoms with Gasteiger partial charge in [0.05, 0.1) is 17.8 Å². The zero-order valence-electron chi connectivity index (χ0n) is 17.6. The smallest absolute Gasteiger partial charge is 0.408 e. The number of carbonyl (C=O) groups is 3. The van der Waals surface area contributed by atoms with Gasteiger partial charge >= 0.3 is 12.1 Å². The Kier molecular flexibility index (Phi) is 8.27. The number of amides is 2. The van der Waals surface area contributed by atoms with Gasteiger partial charge in [0.2, 0.25) is 5.91 Å². The van der Waals surface area contributed by atoms with Crippen LogP contribution in [0.1, 0.15) is 32.8 Å². The number of hydrogen-bond donors (Lipinski definition) is 3. The number of esters is 1. The monoisotopic (exact) mass is 447 g/mol. The predicted octanol–water partition coefficient (Wildman–Crippen LogP) is 3.89. The van der Waals surface area contributed by atoms with Crippen molar-refractivity contribution in [2.75, 3.05) is 11.1 Å². The third-order valence-electron chi connectivity index (χ3n) is 3.88. The first-order chi connectivity index (χ1) is 14.5. The minimum atomic E-state index is -1.26. The van der Waals surface area contributed by atoms with Gasteiger partial charge in [0, 0.05) is 5.02 Å². The minimum absolute atomic E-state index is 0.00493. The van der Waals surface area contributed by atoms with E-state index in [-0.39, 0.29) is 6.61 Å². The van der Waals surface area contributed by atoms with E-state index >= 15 is 0 Å². The third-order valence-corrected chi connectivity index (χ3v) is 4.11. The second-order valence-corrected chi connectivity index (χ2v) is 8.21. The molecule has 1 atom stereocenters. The summed E-state index contributed by atoms with van der Waals surface area (Å²) in [6.07, 6.45) is -1.23. The second-order valence-electron chi connectivity index (χ2n) is 7.78. The van der Waals surface area contributed by atoms with Crippen molar-refractivity contribution in [3.05, 3.63) is 59.1 Å². The van der Waals surface area contributed by atoms with E-state index in [1.807, 2.05) is 18.2 Å². The van der Waals surface area contributed by atoms with Gasteiger partial charge in [0.25, 0.3) is 0 Å². The van der Waals surface area contributed by atoms with E-state index in [2.05, 4.69) is 10.6 Å². The van der Waals surface area contributed by atoms with Crippen molar-refractivity contribution < 1.29 is 23.9 Å². The third kappa shape index (κ3) is 8.55. The largest absolute Gasteiger partial charge is 0.459 e. The van der Waals surface area contributed by atoms with E-state index in [1.54, 1.807) is 45.0 Å². The average Bonchev–Trinajstić information content (AvgIpc) is 2.67. The number of benzene rings is 2. The molecule has 0 aliphatic heterocycles. The topological polar surface area (TPSA) is 120 Å². The fraction of sp³-hybridized carbons (Fsp3) is 0.318. The van der Waals surface area contributed by atoms with Crippen LogP contribution >= 0.6 is 11.6 Å². The fourth-order valence-electron chi connectivity index (χ4n) is 2.50. The van der Waals surface area contributed by atoms with Gasteiger partial charge in [-0.15, -0.1) is 0 Å². The molecular weight excluding hydrogens is 422 g/mol. The van der Waals surface area contributed by atoms with Crippen LogP contribution < -0.4 is 16.4 Å². The van der Waals surface area contributed by atoms with Crippen molar-refractivity contribution >= 4 is 40.9 Å². The van der Waals surface area contributed by atoms with Crippen LogP contribution in [0, 0.1) is 0 Å². The Balaban J connectivity index is 2.08.